The van der Waals surface area contributed by atoms with E-state index in [0.717, 1.165) is 22.7 Å². The molecule has 0 spiro atoms. The van der Waals surface area contributed by atoms with Gasteiger partial charge in [-0.25, -0.2) is 0 Å². The van der Waals surface area contributed by atoms with Crippen LogP contribution in [0.15, 0.2) is 30.5 Å². The van der Waals surface area contributed by atoms with Gasteiger partial charge in [0.1, 0.15) is 5.69 Å². The van der Waals surface area contributed by atoms with Crippen molar-refractivity contribution in [2.45, 2.75) is 19.3 Å². The van der Waals surface area contributed by atoms with Gasteiger partial charge in [0.25, 0.3) is 0 Å². The fraction of sp³-hybridized carbons (Fsp3) is 0.438. The molecule has 1 aliphatic rings. The summed E-state index contributed by atoms with van der Waals surface area (Å²) in [4.78, 5) is 12.2. The number of aromatic nitrogens is 3. The molecule has 1 N–H and O–H groups in total. The van der Waals surface area contributed by atoms with E-state index in [1.165, 1.54) is 12.8 Å². The number of anilines is 1. The second-order valence-electron chi connectivity index (χ2n) is 6.02. The number of hydrogen-bond donors (Lipinski definition) is 1. The maximum atomic E-state index is 12.2. The fourth-order valence-electron chi connectivity index (χ4n) is 2.64. The standard InChI is InChI=1S/C16H20N4OS/c1-20-10-14(18-19-20)12-4-3-5-13(8-12)17-15(21)9-16(6-7-16)11-22-2/h3-5,8,10H,6-7,9,11H2,1-2H3,(H,17,21). The number of nitrogens with one attached hydrogen (secondary N) is 1. The van der Waals surface area contributed by atoms with Crippen LogP contribution in [0.3, 0.4) is 0 Å². The van der Waals surface area contributed by atoms with Gasteiger partial charge in [0, 0.05) is 24.7 Å². The maximum absolute atomic E-state index is 12.2. The van der Waals surface area contributed by atoms with E-state index in [2.05, 4.69) is 21.9 Å². The topological polar surface area (TPSA) is 59.8 Å². The normalized spacial score (nSPS) is 15.5. The predicted octanol–water partition coefficient (Wildman–Crippen LogP) is 2.95. The van der Waals surface area contributed by atoms with Gasteiger partial charge in [0.15, 0.2) is 0 Å². The van der Waals surface area contributed by atoms with E-state index in [-0.39, 0.29) is 11.3 Å². The summed E-state index contributed by atoms with van der Waals surface area (Å²) in [6, 6.07) is 7.74. The quantitative estimate of drug-likeness (QED) is 0.890. The van der Waals surface area contributed by atoms with Crippen LogP contribution in [-0.4, -0.2) is 32.9 Å². The first-order chi connectivity index (χ1) is 10.6. The van der Waals surface area contributed by atoms with Crippen molar-refractivity contribution in [2.75, 3.05) is 17.3 Å². The van der Waals surface area contributed by atoms with Crippen molar-refractivity contribution < 1.29 is 4.79 Å². The van der Waals surface area contributed by atoms with Crippen LogP contribution in [-0.2, 0) is 11.8 Å². The Morgan fingerprint density at radius 2 is 2.27 bits per heavy atom. The number of hydrogen-bond acceptors (Lipinski definition) is 4. The number of amides is 1. The first kappa shape index (κ1) is 15.1. The van der Waals surface area contributed by atoms with Crippen molar-refractivity contribution in [1.29, 1.82) is 0 Å². The number of thioether (sulfide) groups is 1. The molecule has 1 aliphatic carbocycles. The number of rotatable bonds is 6. The van der Waals surface area contributed by atoms with Crippen LogP contribution in [0.1, 0.15) is 19.3 Å². The molecule has 1 amide bonds. The third kappa shape index (κ3) is 3.50. The molecule has 1 heterocycles. The highest BCUT2D eigenvalue weighted by molar-refractivity contribution is 7.98. The summed E-state index contributed by atoms with van der Waals surface area (Å²) in [5, 5.41) is 11.0. The van der Waals surface area contributed by atoms with Crippen LogP contribution in [0.4, 0.5) is 5.69 Å². The van der Waals surface area contributed by atoms with Gasteiger partial charge >= 0.3 is 0 Å². The number of aryl methyl sites for hydroxylation is 1. The summed E-state index contributed by atoms with van der Waals surface area (Å²) in [5.74, 6) is 1.17. The molecule has 1 aromatic heterocycles. The zero-order chi connectivity index (χ0) is 15.6. The molecule has 0 radical (unpaired) electrons. The van der Waals surface area contributed by atoms with Gasteiger partial charge in [-0.05, 0) is 42.4 Å². The van der Waals surface area contributed by atoms with Gasteiger partial charge < -0.3 is 5.32 Å². The Hall–Kier alpha value is -1.82. The minimum Gasteiger partial charge on any atom is -0.326 e. The van der Waals surface area contributed by atoms with Gasteiger partial charge in [0.2, 0.25) is 5.91 Å². The second-order valence-corrected chi connectivity index (χ2v) is 6.88. The van der Waals surface area contributed by atoms with Gasteiger partial charge in [-0.1, -0.05) is 17.3 Å². The molecule has 5 nitrogen and oxygen atoms in total. The molecule has 3 rings (SSSR count). The highest BCUT2D eigenvalue weighted by Crippen LogP contribution is 2.50. The highest BCUT2D eigenvalue weighted by Gasteiger charge is 2.43. The van der Waals surface area contributed by atoms with E-state index in [0.29, 0.717) is 6.42 Å². The average Bonchev–Trinajstić information content (AvgIpc) is 3.08. The fourth-order valence-corrected chi connectivity index (χ4v) is 3.64. The number of carbonyl (C=O) groups is 1. The minimum absolute atomic E-state index is 0.0999. The molecular weight excluding hydrogens is 296 g/mol. The van der Waals surface area contributed by atoms with Crippen LogP contribution in [0.5, 0.6) is 0 Å². The molecule has 1 saturated carbocycles. The predicted molar refractivity (Wildman–Crippen MR) is 89.7 cm³/mol. The van der Waals surface area contributed by atoms with E-state index in [4.69, 9.17) is 0 Å². The molecular formula is C16H20N4OS. The Morgan fingerprint density at radius 3 is 2.91 bits per heavy atom. The summed E-state index contributed by atoms with van der Waals surface area (Å²) < 4.78 is 1.67. The molecule has 1 fully saturated rings. The molecule has 1 aromatic carbocycles. The van der Waals surface area contributed by atoms with Crippen molar-refractivity contribution in [3.05, 3.63) is 30.5 Å². The van der Waals surface area contributed by atoms with Crippen molar-refractivity contribution in [1.82, 2.24) is 15.0 Å². The lowest BCUT2D eigenvalue weighted by Gasteiger charge is -2.13. The first-order valence-corrected chi connectivity index (χ1v) is 8.75. The second kappa shape index (κ2) is 6.12. The van der Waals surface area contributed by atoms with Crippen molar-refractivity contribution >= 4 is 23.4 Å². The van der Waals surface area contributed by atoms with E-state index in [1.54, 1.807) is 4.68 Å². The van der Waals surface area contributed by atoms with Crippen LogP contribution in [0, 0.1) is 5.41 Å². The van der Waals surface area contributed by atoms with Gasteiger partial charge in [-0.15, -0.1) is 5.10 Å². The lowest BCUT2D eigenvalue weighted by molar-refractivity contribution is -0.117. The molecule has 0 saturated heterocycles. The smallest absolute Gasteiger partial charge is 0.224 e. The van der Waals surface area contributed by atoms with E-state index < -0.39 is 0 Å². The molecule has 2 aromatic rings. The Bertz CT molecular complexity index is 678. The molecule has 0 atom stereocenters. The molecule has 22 heavy (non-hydrogen) atoms. The highest BCUT2D eigenvalue weighted by atomic mass is 32.2. The van der Waals surface area contributed by atoms with E-state index >= 15 is 0 Å². The number of carbonyl (C=O) groups excluding carboxylic acids is 1. The molecule has 0 aliphatic heterocycles. The van der Waals surface area contributed by atoms with Gasteiger partial charge in [-0.2, -0.15) is 11.8 Å². The zero-order valence-electron chi connectivity index (χ0n) is 12.9. The Labute approximate surface area is 134 Å². The molecule has 116 valence electrons. The van der Waals surface area contributed by atoms with Crippen molar-refractivity contribution in [3.8, 4) is 11.3 Å². The van der Waals surface area contributed by atoms with E-state index in [9.17, 15) is 4.79 Å². The summed E-state index contributed by atoms with van der Waals surface area (Å²) in [7, 11) is 1.84. The summed E-state index contributed by atoms with van der Waals surface area (Å²) in [5.41, 5.74) is 2.82. The third-order valence-electron chi connectivity index (χ3n) is 3.99. The molecule has 6 heteroatoms. The van der Waals surface area contributed by atoms with Crippen LogP contribution in [0.2, 0.25) is 0 Å². The Balaban J connectivity index is 1.67. The molecule has 0 unspecified atom stereocenters. The largest absolute Gasteiger partial charge is 0.326 e. The van der Waals surface area contributed by atoms with Crippen molar-refractivity contribution in [2.24, 2.45) is 12.5 Å². The minimum atomic E-state index is 0.0999. The van der Waals surface area contributed by atoms with Crippen molar-refractivity contribution in [3.63, 3.8) is 0 Å². The number of benzene rings is 1. The van der Waals surface area contributed by atoms with Gasteiger partial charge in [0.05, 0.1) is 6.20 Å². The summed E-state index contributed by atoms with van der Waals surface area (Å²) in [6.45, 7) is 0. The molecule has 0 bridgehead atoms. The Kier molecular flexibility index (Phi) is 4.20. The van der Waals surface area contributed by atoms with Crippen LogP contribution in [0.25, 0.3) is 11.3 Å². The maximum Gasteiger partial charge on any atom is 0.224 e. The summed E-state index contributed by atoms with van der Waals surface area (Å²) in [6.07, 6.45) is 6.91. The monoisotopic (exact) mass is 316 g/mol. The average molecular weight is 316 g/mol. The van der Waals surface area contributed by atoms with Crippen LogP contribution >= 0.6 is 11.8 Å². The number of nitrogens with zero attached hydrogens (tertiary/aromatic N) is 3. The first-order valence-electron chi connectivity index (χ1n) is 7.36. The lowest BCUT2D eigenvalue weighted by Crippen LogP contribution is -2.18. The SMILES string of the molecule is CSCC1(CC(=O)Nc2cccc(-c3cn(C)nn3)c2)CC1. The van der Waals surface area contributed by atoms with Gasteiger partial charge in [-0.3, -0.25) is 9.48 Å². The zero-order valence-corrected chi connectivity index (χ0v) is 13.7. The lowest BCUT2D eigenvalue weighted by atomic mass is 10.0. The van der Waals surface area contributed by atoms with E-state index in [1.807, 2.05) is 49.3 Å². The third-order valence-corrected chi connectivity index (χ3v) is 4.89. The van der Waals surface area contributed by atoms with Crippen LogP contribution < -0.4 is 5.32 Å². The summed E-state index contributed by atoms with van der Waals surface area (Å²) >= 11 is 1.82. The Morgan fingerprint density at radius 1 is 1.45 bits per heavy atom.